The SMILES string of the molecule is CC.COc1ccc(C2CC(=O)c3c(O)cc(O)cc3O2)cc1O. The minimum atomic E-state index is -0.613. The van der Waals surface area contributed by atoms with Gasteiger partial charge in [0.05, 0.1) is 13.5 Å². The van der Waals surface area contributed by atoms with E-state index in [9.17, 15) is 20.1 Å². The van der Waals surface area contributed by atoms with Gasteiger partial charge in [-0.05, 0) is 17.7 Å². The molecule has 1 atom stereocenters. The quantitative estimate of drug-likeness (QED) is 0.778. The summed E-state index contributed by atoms with van der Waals surface area (Å²) in [6.07, 6.45) is -0.588. The maximum atomic E-state index is 12.2. The molecule has 128 valence electrons. The molecule has 6 heteroatoms. The van der Waals surface area contributed by atoms with Gasteiger partial charge in [-0.2, -0.15) is 0 Å². The molecule has 0 spiro atoms. The molecular weight excluding hydrogens is 312 g/mol. The fraction of sp³-hybridized carbons (Fsp3) is 0.278. The highest BCUT2D eigenvalue weighted by atomic mass is 16.5. The molecule has 3 N–H and O–H groups in total. The standard InChI is InChI=1S/C16H14O6.C2H6/c1-21-13-3-2-8(4-10(13)18)14-7-12(20)16-11(19)5-9(17)6-15(16)22-14;1-2/h2-6,14,17-19H,7H2,1H3;1-2H3. The molecule has 1 aliphatic rings. The van der Waals surface area contributed by atoms with E-state index in [0.717, 1.165) is 6.07 Å². The zero-order chi connectivity index (χ0) is 17.9. The van der Waals surface area contributed by atoms with Crippen molar-refractivity contribution in [1.29, 1.82) is 0 Å². The van der Waals surface area contributed by atoms with Crippen LogP contribution < -0.4 is 9.47 Å². The average Bonchev–Trinajstić information content (AvgIpc) is 2.55. The van der Waals surface area contributed by atoms with Gasteiger partial charge in [-0.15, -0.1) is 0 Å². The average molecular weight is 332 g/mol. The number of hydrogen-bond acceptors (Lipinski definition) is 6. The van der Waals surface area contributed by atoms with Crippen molar-refractivity contribution in [3.63, 3.8) is 0 Å². The maximum absolute atomic E-state index is 12.2. The fourth-order valence-electron chi connectivity index (χ4n) is 2.52. The van der Waals surface area contributed by atoms with E-state index in [-0.39, 0.29) is 40.8 Å². The molecule has 1 aliphatic heterocycles. The van der Waals surface area contributed by atoms with E-state index in [1.807, 2.05) is 13.8 Å². The van der Waals surface area contributed by atoms with Crippen LogP contribution in [0.1, 0.15) is 42.3 Å². The molecule has 0 fully saturated rings. The van der Waals surface area contributed by atoms with E-state index in [0.29, 0.717) is 11.3 Å². The molecule has 0 amide bonds. The van der Waals surface area contributed by atoms with Crippen LogP contribution in [0.5, 0.6) is 28.7 Å². The Kier molecular flexibility index (Phi) is 5.18. The number of carbonyl (C=O) groups excluding carboxylic acids is 1. The molecule has 0 saturated heterocycles. The molecule has 3 rings (SSSR count). The monoisotopic (exact) mass is 332 g/mol. The van der Waals surface area contributed by atoms with Crippen LogP contribution in [0.15, 0.2) is 30.3 Å². The first-order valence-electron chi connectivity index (χ1n) is 7.62. The fourth-order valence-corrected chi connectivity index (χ4v) is 2.52. The Morgan fingerprint density at radius 3 is 2.42 bits per heavy atom. The van der Waals surface area contributed by atoms with E-state index < -0.39 is 6.10 Å². The first kappa shape index (κ1) is 17.5. The lowest BCUT2D eigenvalue weighted by Crippen LogP contribution is -2.20. The van der Waals surface area contributed by atoms with Crippen molar-refractivity contribution in [2.75, 3.05) is 7.11 Å². The van der Waals surface area contributed by atoms with Crippen molar-refractivity contribution in [1.82, 2.24) is 0 Å². The Balaban J connectivity index is 0.00000100. The lowest BCUT2D eigenvalue weighted by Gasteiger charge is -2.26. The van der Waals surface area contributed by atoms with Gasteiger partial charge >= 0.3 is 0 Å². The van der Waals surface area contributed by atoms with Crippen LogP contribution in [0.3, 0.4) is 0 Å². The van der Waals surface area contributed by atoms with Gasteiger partial charge in [-0.25, -0.2) is 0 Å². The molecule has 0 radical (unpaired) electrons. The molecule has 24 heavy (non-hydrogen) atoms. The van der Waals surface area contributed by atoms with Crippen molar-refractivity contribution in [2.45, 2.75) is 26.4 Å². The lowest BCUT2D eigenvalue weighted by atomic mass is 9.95. The van der Waals surface area contributed by atoms with Crippen molar-refractivity contribution in [3.8, 4) is 28.7 Å². The molecule has 1 heterocycles. The number of methoxy groups -OCH3 is 1. The van der Waals surface area contributed by atoms with Crippen LogP contribution >= 0.6 is 0 Å². The second kappa shape index (κ2) is 7.12. The molecule has 6 nitrogen and oxygen atoms in total. The predicted molar refractivity (Wildman–Crippen MR) is 88.1 cm³/mol. The first-order valence-corrected chi connectivity index (χ1v) is 7.62. The van der Waals surface area contributed by atoms with Crippen LogP contribution in [0, 0.1) is 0 Å². The number of benzene rings is 2. The zero-order valence-corrected chi connectivity index (χ0v) is 13.7. The second-order valence-corrected chi connectivity index (χ2v) is 5.00. The number of phenolic OH excluding ortho intramolecular Hbond substituents is 3. The maximum Gasteiger partial charge on any atom is 0.174 e. The molecule has 0 bridgehead atoms. The van der Waals surface area contributed by atoms with Gasteiger partial charge in [0.1, 0.15) is 28.9 Å². The number of rotatable bonds is 2. The number of ether oxygens (including phenoxy) is 2. The van der Waals surface area contributed by atoms with E-state index >= 15 is 0 Å². The smallest absolute Gasteiger partial charge is 0.174 e. The van der Waals surface area contributed by atoms with Crippen LogP contribution in [0.2, 0.25) is 0 Å². The van der Waals surface area contributed by atoms with E-state index in [4.69, 9.17) is 9.47 Å². The summed E-state index contributed by atoms with van der Waals surface area (Å²) >= 11 is 0. The second-order valence-electron chi connectivity index (χ2n) is 5.00. The minimum absolute atomic E-state index is 0.0249. The van der Waals surface area contributed by atoms with Crippen LogP contribution in [0.4, 0.5) is 0 Å². The van der Waals surface area contributed by atoms with Gasteiger partial charge in [0.2, 0.25) is 0 Å². The number of phenols is 3. The Labute approximate surface area is 139 Å². The number of ketones is 1. The normalized spacial score (nSPS) is 15.6. The number of aromatic hydroxyl groups is 3. The van der Waals surface area contributed by atoms with Crippen molar-refractivity contribution in [3.05, 3.63) is 41.5 Å². The summed E-state index contributed by atoms with van der Waals surface area (Å²) in [5.41, 5.74) is 0.659. The number of Topliss-reactive ketones (excluding diaryl/α,β-unsaturated/α-hetero) is 1. The minimum Gasteiger partial charge on any atom is -0.508 e. The molecule has 0 saturated carbocycles. The zero-order valence-electron chi connectivity index (χ0n) is 13.7. The summed E-state index contributed by atoms with van der Waals surface area (Å²) in [7, 11) is 1.44. The molecule has 0 aromatic heterocycles. The lowest BCUT2D eigenvalue weighted by molar-refractivity contribution is 0.0844. The van der Waals surface area contributed by atoms with Crippen LogP contribution in [-0.4, -0.2) is 28.2 Å². The summed E-state index contributed by atoms with van der Waals surface area (Å²) < 4.78 is 10.7. The predicted octanol–water partition coefficient (Wildman–Crippen LogP) is 3.54. The summed E-state index contributed by atoms with van der Waals surface area (Å²) in [5, 5.41) is 29.1. The topological polar surface area (TPSA) is 96.2 Å². The molecule has 2 aromatic rings. The Hall–Kier alpha value is -2.89. The molecule has 0 aliphatic carbocycles. The Bertz CT molecular complexity index is 753. The molecular formula is C18H20O6. The Morgan fingerprint density at radius 1 is 1.08 bits per heavy atom. The van der Waals surface area contributed by atoms with E-state index in [2.05, 4.69) is 0 Å². The summed E-state index contributed by atoms with van der Waals surface area (Å²) in [6, 6.07) is 7.10. The number of fused-ring (bicyclic) bond motifs is 1. The van der Waals surface area contributed by atoms with Gasteiger partial charge in [0.15, 0.2) is 17.3 Å². The molecule has 2 aromatic carbocycles. The van der Waals surface area contributed by atoms with Crippen LogP contribution in [0.25, 0.3) is 0 Å². The van der Waals surface area contributed by atoms with Crippen LogP contribution in [-0.2, 0) is 0 Å². The van der Waals surface area contributed by atoms with Gasteiger partial charge in [0, 0.05) is 12.1 Å². The van der Waals surface area contributed by atoms with Gasteiger partial charge in [-0.3, -0.25) is 4.79 Å². The number of hydrogen-bond donors (Lipinski definition) is 3. The van der Waals surface area contributed by atoms with Crippen molar-refractivity contribution < 1.29 is 29.6 Å². The number of carbonyl (C=O) groups is 1. The third-order valence-corrected chi connectivity index (χ3v) is 3.56. The van der Waals surface area contributed by atoms with Crippen molar-refractivity contribution >= 4 is 5.78 Å². The third kappa shape index (κ3) is 3.22. The highest BCUT2D eigenvalue weighted by Crippen LogP contribution is 2.42. The third-order valence-electron chi connectivity index (χ3n) is 3.56. The van der Waals surface area contributed by atoms with Gasteiger partial charge in [-0.1, -0.05) is 19.9 Å². The molecule has 1 unspecified atom stereocenters. The van der Waals surface area contributed by atoms with Gasteiger partial charge < -0.3 is 24.8 Å². The van der Waals surface area contributed by atoms with Gasteiger partial charge in [0.25, 0.3) is 0 Å². The Morgan fingerprint density at radius 2 is 1.79 bits per heavy atom. The van der Waals surface area contributed by atoms with E-state index in [1.54, 1.807) is 12.1 Å². The van der Waals surface area contributed by atoms with Crippen molar-refractivity contribution in [2.24, 2.45) is 0 Å². The highest BCUT2D eigenvalue weighted by molar-refractivity contribution is 6.02. The summed E-state index contributed by atoms with van der Waals surface area (Å²) in [6.45, 7) is 4.00. The highest BCUT2D eigenvalue weighted by Gasteiger charge is 2.31. The van der Waals surface area contributed by atoms with E-state index in [1.165, 1.54) is 19.2 Å². The summed E-state index contributed by atoms with van der Waals surface area (Å²) in [5.74, 6) is -0.409. The summed E-state index contributed by atoms with van der Waals surface area (Å²) in [4.78, 5) is 12.2. The largest absolute Gasteiger partial charge is 0.508 e. The first-order chi connectivity index (χ1) is 11.5.